The van der Waals surface area contributed by atoms with Crippen LogP contribution in [0.5, 0.6) is 0 Å². The quantitative estimate of drug-likeness (QED) is 0.0551. The number of aromatic amines is 1. The van der Waals surface area contributed by atoms with Gasteiger partial charge in [-0.3, -0.25) is 19.2 Å². The van der Waals surface area contributed by atoms with Gasteiger partial charge < -0.3 is 34.6 Å². The van der Waals surface area contributed by atoms with Gasteiger partial charge in [0.2, 0.25) is 5.91 Å². The van der Waals surface area contributed by atoms with Crippen LogP contribution in [0.4, 0.5) is 5.82 Å². The molecule has 1 aliphatic heterocycles. The summed E-state index contributed by atoms with van der Waals surface area (Å²) in [4.78, 5) is 83.2. The molecule has 276 valence electrons. The first-order chi connectivity index (χ1) is 25.5. The highest BCUT2D eigenvalue weighted by atomic mass is 32.2. The molecule has 0 spiro atoms. The predicted octanol–water partition coefficient (Wildman–Crippen LogP) is 5.05. The molecule has 0 saturated heterocycles. The lowest BCUT2D eigenvalue weighted by atomic mass is 9.96. The number of hydrogen-bond acceptors (Lipinski definition) is 12. The molecule has 3 aromatic rings. The van der Waals surface area contributed by atoms with Crippen LogP contribution in [0.25, 0.3) is 22.8 Å². The highest BCUT2D eigenvalue weighted by molar-refractivity contribution is 8.01. The summed E-state index contributed by atoms with van der Waals surface area (Å²) in [6, 6.07) is 17.8. The smallest absolute Gasteiger partial charge is 0.342 e. The number of amides is 2. The SMILES string of the molecule is C=C(C)C(=O)NC1=N/C(=C\c2[nH]c(NC(=O)C(C)SC(COC=O)OC=O)c(C(=O)OCC)c2-c2ccccc2)C(c2ccccc2)=C1C(=O)OCC. The van der Waals surface area contributed by atoms with Crippen molar-refractivity contribution in [3.05, 3.63) is 101 Å². The van der Waals surface area contributed by atoms with Gasteiger partial charge in [-0.05, 0) is 44.9 Å². The highest BCUT2D eigenvalue weighted by Crippen LogP contribution is 2.40. The van der Waals surface area contributed by atoms with E-state index in [1.54, 1.807) is 80.6 Å². The van der Waals surface area contributed by atoms with E-state index in [2.05, 4.69) is 22.2 Å². The Kier molecular flexibility index (Phi) is 14.1. The number of aliphatic imine (C=N–C) groups is 1. The number of esters is 2. The number of benzene rings is 2. The zero-order chi connectivity index (χ0) is 38.5. The molecule has 2 unspecified atom stereocenters. The number of carbonyl (C=O) groups is 6. The molecule has 1 aliphatic rings. The number of aromatic nitrogens is 1. The van der Waals surface area contributed by atoms with E-state index in [4.69, 9.17) is 23.9 Å². The van der Waals surface area contributed by atoms with Gasteiger partial charge in [-0.2, -0.15) is 0 Å². The minimum atomic E-state index is -0.983. The fourth-order valence-electron chi connectivity index (χ4n) is 5.16. The Balaban J connectivity index is 1.96. The van der Waals surface area contributed by atoms with Crippen LogP contribution in [-0.4, -0.2) is 78.0 Å². The van der Waals surface area contributed by atoms with Gasteiger partial charge in [0, 0.05) is 16.7 Å². The maximum Gasteiger partial charge on any atom is 0.342 e. The summed E-state index contributed by atoms with van der Waals surface area (Å²) in [7, 11) is 0. The third-order valence-electron chi connectivity index (χ3n) is 7.47. The molecule has 0 radical (unpaired) electrons. The maximum atomic E-state index is 13.7. The van der Waals surface area contributed by atoms with Crippen molar-refractivity contribution < 1.29 is 47.7 Å². The lowest BCUT2D eigenvalue weighted by Crippen LogP contribution is -2.34. The number of H-pyrrole nitrogens is 1. The summed E-state index contributed by atoms with van der Waals surface area (Å²) in [6.45, 7) is 10.2. The van der Waals surface area contributed by atoms with Gasteiger partial charge in [0.25, 0.3) is 18.9 Å². The van der Waals surface area contributed by atoms with Gasteiger partial charge in [-0.1, -0.05) is 67.2 Å². The van der Waals surface area contributed by atoms with Crippen molar-refractivity contribution in [1.29, 1.82) is 0 Å². The van der Waals surface area contributed by atoms with Crippen molar-refractivity contribution in [2.24, 2.45) is 4.99 Å². The standard InChI is InChI=1S/C38H38N4O10S/c1-6-50-37(47)31-29(24-14-10-8-11-15-24)26(39-33(31)41-35(45)22(3)4)18-27-30(25-16-12-9-13-17-25)32(38(48)51-7-2)34(40-27)42-36(46)23(5)53-28(52-21-44)19-49-20-43/h8-18,20-21,23,28,40H,3,6-7,19H2,1-2,4-5H3,(H,42,46)(H,39,41,45)/b26-18-. The summed E-state index contributed by atoms with van der Waals surface area (Å²) < 4.78 is 20.5. The molecule has 1 aromatic heterocycles. The number of rotatable bonds is 17. The minimum absolute atomic E-state index is 0.00219. The minimum Gasteiger partial charge on any atom is -0.463 e. The van der Waals surface area contributed by atoms with E-state index in [1.165, 1.54) is 13.8 Å². The summed E-state index contributed by atoms with van der Waals surface area (Å²) in [6.07, 6.45) is 1.59. The average molecular weight is 743 g/mol. The molecule has 0 fully saturated rings. The monoisotopic (exact) mass is 742 g/mol. The number of nitrogens with zero attached hydrogens (tertiary/aromatic N) is 1. The van der Waals surface area contributed by atoms with Crippen molar-refractivity contribution in [3.63, 3.8) is 0 Å². The zero-order valence-corrected chi connectivity index (χ0v) is 30.2. The van der Waals surface area contributed by atoms with Crippen molar-refractivity contribution in [2.75, 3.05) is 25.1 Å². The van der Waals surface area contributed by atoms with Crippen LogP contribution in [0, 0.1) is 0 Å². The lowest BCUT2D eigenvalue weighted by molar-refractivity contribution is -0.138. The second-order valence-electron chi connectivity index (χ2n) is 11.2. The molecule has 2 amide bonds. The molecular weight excluding hydrogens is 705 g/mol. The van der Waals surface area contributed by atoms with Crippen molar-refractivity contribution in [2.45, 2.75) is 38.4 Å². The summed E-state index contributed by atoms with van der Waals surface area (Å²) in [5, 5.41) is 4.54. The number of amidine groups is 1. The first-order valence-corrected chi connectivity index (χ1v) is 17.3. The molecule has 15 heteroatoms. The Bertz CT molecular complexity index is 1970. The van der Waals surface area contributed by atoms with E-state index >= 15 is 0 Å². The van der Waals surface area contributed by atoms with Crippen molar-refractivity contribution >= 4 is 71.8 Å². The molecule has 0 saturated carbocycles. The van der Waals surface area contributed by atoms with Gasteiger partial charge in [-0.15, -0.1) is 11.8 Å². The highest BCUT2D eigenvalue weighted by Gasteiger charge is 2.34. The molecule has 2 aromatic carbocycles. The normalized spacial score (nSPS) is 14.0. The second-order valence-corrected chi connectivity index (χ2v) is 12.7. The number of carbonyl (C=O) groups excluding carboxylic acids is 6. The molecule has 4 rings (SSSR count). The van der Waals surface area contributed by atoms with Crippen LogP contribution in [0.1, 0.15) is 49.3 Å². The Morgan fingerprint density at radius 2 is 1.53 bits per heavy atom. The largest absolute Gasteiger partial charge is 0.463 e. The molecule has 53 heavy (non-hydrogen) atoms. The maximum absolute atomic E-state index is 13.7. The molecule has 3 N–H and O–H groups in total. The van der Waals surface area contributed by atoms with E-state index < -0.39 is 34.4 Å². The van der Waals surface area contributed by atoms with Crippen LogP contribution >= 0.6 is 11.8 Å². The molecular formula is C38H38N4O10S. The average Bonchev–Trinajstić information content (AvgIpc) is 3.68. The second kappa shape index (κ2) is 18.9. The predicted molar refractivity (Wildman–Crippen MR) is 199 cm³/mol. The Labute approximate surface area is 309 Å². The fraction of sp³-hybridized carbons (Fsp3) is 0.237. The van der Waals surface area contributed by atoms with Gasteiger partial charge in [-0.25, -0.2) is 14.6 Å². The van der Waals surface area contributed by atoms with Crippen LogP contribution in [0.3, 0.4) is 0 Å². The first-order valence-electron chi connectivity index (χ1n) is 16.4. The number of nitrogens with one attached hydrogen (secondary N) is 3. The Morgan fingerprint density at radius 3 is 2.11 bits per heavy atom. The van der Waals surface area contributed by atoms with Crippen molar-refractivity contribution in [3.8, 4) is 11.1 Å². The topological polar surface area (TPSA) is 192 Å². The molecule has 0 aliphatic carbocycles. The van der Waals surface area contributed by atoms with E-state index in [-0.39, 0.29) is 66.8 Å². The molecule has 14 nitrogen and oxygen atoms in total. The van der Waals surface area contributed by atoms with E-state index in [0.717, 1.165) is 11.8 Å². The van der Waals surface area contributed by atoms with Crippen molar-refractivity contribution in [1.82, 2.24) is 10.3 Å². The third-order valence-corrected chi connectivity index (χ3v) is 8.64. The molecule has 2 atom stereocenters. The van der Waals surface area contributed by atoms with Gasteiger partial charge >= 0.3 is 11.9 Å². The Morgan fingerprint density at radius 1 is 0.906 bits per heavy atom. The number of hydrogen-bond donors (Lipinski definition) is 3. The summed E-state index contributed by atoms with van der Waals surface area (Å²) in [5.41, 5.74) is 1.52. The number of ether oxygens (including phenoxy) is 4. The molecule has 0 bridgehead atoms. The molecule has 2 heterocycles. The third kappa shape index (κ3) is 9.77. The fourth-order valence-corrected chi connectivity index (χ4v) is 6.07. The number of thioether (sulfide) groups is 1. The van der Waals surface area contributed by atoms with Crippen LogP contribution in [-0.2, 0) is 42.9 Å². The number of allylic oxidation sites excluding steroid dienone is 1. The van der Waals surface area contributed by atoms with Crippen LogP contribution in [0.2, 0.25) is 0 Å². The zero-order valence-electron chi connectivity index (χ0n) is 29.4. The van der Waals surface area contributed by atoms with Gasteiger partial charge in [0.05, 0.1) is 29.9 Å². The summed E-state index contributed by atoms with van der Waals surface area (Å²) >= 11 is 0.907. The van der Waals surface area contributed by atoms with Gasteiger partial charge in [0.15, 0.2) is 5.44 Å². The van der Waals surface area contributed by atoms with Crippen LogP contribution in [0.15, 0.2) is 89.1 Å². The lowest BCUT2D eigenvalue weighted by Gasteiger charge is -2.18. The van der Waals surface area contributed by atoms with E-state index in [9.17, 15) is 28.8 Å². The van der Waals surface area contributed by atoms with Crippen LogP contribution < -0.4 is 10.6 Å². The Hall–Kier alpha value is -6.22. The first kappa shape index (κ1) is 39.6. The van der Waals surface area contributed by atoms with E-state index in [1.807, 2.05) is 0 Å². The summed E-state index contributed by atoms with van der Waals surface area (Å²) in [5.74, 6) is -2.72. The number of anilines is 1. The van der Waals surface area contributed by atoms with Gasteiger partial charge in [0.1, 0.15) is 29.4 Å². The van der Waals surface area contributed by atoms with E-state index in [0.29, 0.717) is 28.0 Å².